The SMILES string of the molecule is Cc1ccc(S(=O)(=O)C2(C(=O)NCCC3=CCCCC3)CCCC2)cc1C. The van der Waals surface area contributed by atoms with Crippen molar-refractivity contribution in [1.29, 1.82) is 0 Å². The molecule has 0 radical (unpaired) electrons. The van der Waals surface area contributed by atoms with Crippen molar-refractivity contribution in [1.82, 2.24) is 5.32 Å². The number of benzene rings is 1. The molecule has 0 unspecified atom stereocenters. The Bertz CT molecular complexity index is 833. The van der Waals surface area contributed by atoms with Gasteiger partial charge in [0.05, 0.1) is 4.90 Å². The molecular weight excluding hydrogens is 358 g/mol. The molecule has 1 aromatic rings. The third-order valence-corrected chi connectivity index (χ3v) is 8.74. The Hall–Kier alpha value is -1.62. The molecule has 5 heteroatoms. The van der Waals surface area contributed by atoms with E-state index in [9.17, 15) is 13.2 Å². The molecule has 0 bridgehead atoms. The predicted molar refractivity (Wildman–Crippen MR) is 108 cm³/mol. The van der Waals surface area contributed by atoms with Crippen molar-refractivity contribution in [2.75, 3.05) is 6.54 Å². The van der Waals surface area contributed by atoms with E-state index in [-0.39, 0.29) is 10.8 Å². The van der Waals surface area contributed by atoms with Crippen LogP contribution in [-0.2, 0) is 14.6 Å². The van der Waals surface area contributed by atoms with Crippen molar-refractivity contribution in [3.63, 3.8) is 0 Å². The molecule has 0 aliphatic heterocycles. The zero-order valence-electron chi connectivity index (χ0n) is 16.5. The molecule has 1 N–H and O–H groups in total. The van der Waals surface area contributed by atoms with E-state index < -0.39 is 14.6 Å². The number of carbonyl (C=O) groups is 1. The van der Waals surface area contributed by atoms with Crippen molar-refractivity contribution in [3.05, 3.63) is 41.0 Å². The number of nitrogens with one attached hydrogen (secondary N) is 1. The number of hydrogen-bond acceptors (Lipinski definition) is 3. The third-order valence-electron chi connectivity index (χ3n) is 6.24. The lowest BCUT2D eigenvalue weighted by Crippen LogP contribution is -2.50. The third kappa shape index (κ3) is 3.98. The summed E-state index contributed by atoms with van der Waals surface area (Å²) in [5, 5.41) is 2.96. The zero-order chi connectivity index (χ0) is 19.5. The number of sulfone groups is 1. The van der Waals surface area contributed by atoms with Crippen LogP contribution in [0.2, 0.25) is 0 Å². The van der Waals surface area contributed by atoms with Gasteiger partial charge in [-0.15, -0.1) is 0 Å². The zero-order valence-corrected chi connectivity index (χ0v) is 17.3. The van der Waals surface area contributed by atoms with Gasteiger partial charge in [0.25, 0.3) is 0 Å². The largest absolute Gasteiger partial charge is 0.354 e. The Kier molecular flexibility index (Phi) is 6.09. The minimum atomic E-state index is -3.72. The summed E-state index contributed by atoms with van der Waals surface area (Å²) < 4.78 is 25.6. The van der Waals surface area contributed by atoms with Gasteiger partial charge in [0.2, 0.25) is 5.91 Å². The molecule has 2 aliphatic carbocycles. The van der Waals surface area contributed by atoms with Gasteiger partial charge in [0.15, 0.2) is 14.6 Å². The first-order chi connectivity index (χ1) is 12.9. The van der Waals surface area contributed by atoms with Crippen LogP contribution in [0.1, 0.15) is 68.9 Å². The second kappa shape index (κ2) is 8.17. The summed E-state index contributed by atoms with van der Waals surface area (Å²) in [7, 11) is -3.72. The number of carbonyl (C=O) groups excluding carboxylic acids is 1. The summed E-state index contributed by atoms with van der Waals surface area (Å²) in [6, 6.07) is 5.20. The van der Waals surface area contributed by atoms with Gasteiger partial charge in [-0.1, -0.05) is 30.6 Å². The van der Waals surface area contributed by atoms with Crippen LogP contribution >= 0.6 is 0 Å². The standard InChI is InChI=1S/C22H31NO3S/c1-17-10-11-20(16-18(17)2)27(25,26)22(13-6-7-14-22)21(24)23-15-12-19-8-4-3-5-9-19/h8,10-11,16H,3-7,9,12-15H2,1-2H3,(H,23,24). The molecule has 1 saturated carbocycles. The molecule has 2 aliphatic rings. The van der Waals surface area contributed by atoms with Crippen molar-refractivity contribution in [2.45, 2.75) is 81.3 Å². The van der Waals surface area contributed by atoms with Crippen molar-refractivity contribution < 1.29 is 13.2 Å². The maximum absolute atomic E-state index is 13.5. The van der Waals surface area contributed by atoms with Crippen LogP contribution in [0.15, 0.2) is 34.7 Å². The maximum Gasteiger partial charge on any atom is 0.241 e. The van der Waals surface area contributed by atoms with Gasteiger partial charge in [0.1, 0.15) is 0 Å². The summed E-state index contributed by atoms with van der Waals surface area (Å²) in [5.74, 6) is -0.311. The molecule has 0 atom stereocenters. The molecule has 27 heavy (non-hydrogen) atoms. The van der Waals surface area contributed by atoms with Gasteiger partial charge >= 0.3 is 0 Å². The lowest BCUT2D eigenvalue weighted by molar-refractivity contribution is -0.123. The highest BCUT2D eigenvalue weighted by atomic mass is 32.2. The lowest BCUT2D eigenvalue weighted by Gasteiger charge is -2.28. The van der Waals surface area contributed by atoms with E-state index in [1.54, 1.807) is 12.1 Å². The van der Waals surface area contributed by atoms with E-state index in [4.69, 9.17) is 0 Å². The first kappa shape index (κ1) is 20.1. The van der Waals surface area contributed by atoms with Crippen LogP contribution < -0.4 is 5.32 Å². The fraction of sp³-hybridized carbons (Fsp3) is 0.591. The van der Waals surface area contributed by atoms with E-state index in [1.807, 2.05) is 19.9 Å². The summed E-state index contributed by atoms with van der Waals surface area (Å²) in [5.41, 5.74) is 3.38. The molecular formula is C22H31NO3S. The summed E-state index contributed by atoms with van der Waals surface area (Å²) in [4.78, 5) is 13.3. The molecule has 1 fully saturated rings. The average molecular weight is 390 g/mol. The van der Waals surface area contributed by atoms with E-state index in [1.165, 1.54) is 18.4 Å². The van der Waals surface area contributed by atoms with Gasteiger partial charge in [0, 0.05) is 6.54 Å². The summed E-state index contributed by atoms with van der Waals surface area (Å²) in [6.07, 6.45) is 10.2. The molecule has 0 heterocycles. The molecule has 0 spiro atoms. The normalized spacial score (nSPS) is 19.6. The van der Waals surface area contributed by atoms with Crippen LogP contribution in [0.4, 0.5) is 0 Å². The smallest absolute Gasteiger partial charge is 0.241 e. The quantitative estimate of drug-likeness (QED) is 0.734. The van der Waals surface area contributed by atoms with E-state index in [0.29, 0.717) is 19.4 Å². The van der Waals surface area contributed by atoms with Crippen LogP contribution in [0.3, 0.4) is 0 Å². The monoisotopic (exact) mass is 389 g/mol. The number of hydrogen-bond donors (Lipinski definition) is 1. The summed E-state index contributed by atoms with van der Waals surface area (Å²) >= 11 is 0. The van der Waals surface area contributed by atoms with Gasteiger partial charge in [-0.05, 0) is 82.1 Å². The number of allylic oxidation sites excluding steroid dienone is 1. The molecule has 3 rings (SSSR count). The van der Waals surface area contributed by atoms with Crippen molar-refractivity contribution >= 4 is 15.7 Å². The lowest BCUT2D eigenvalue weighted by atomic mass is 9.97. The van der Waals surface area contributed by atoms with Crippen LogP contribution in [0.5, 0.6) is 0 Å². The highest BCUT2D eigenvalue weighted by molar-refractivity contribution is 7.93. The minimum absolute atomic E-state index is 0.276. The first-order valence-electron chi connectivity index (χ1n) is 10.1. The van der Waals surface area contributed by atoms with Crippen LogP contribution in [0, 0.1) is 13.8 Å². The molecule has 4 nitrogen and oxygen atoms in total. The molecule has 1 aromatic carbocycles. The van der Waals surface area contributed by atoms with Gasteiger partial charge < -0.3 is 5.32 Å². The fourth-order valence-corrected chi connectivity index (χ4v) is 6.47. The highest BCUT2D eigenvalue weighted by Gasteiger charge is 2.52. The number of aryl methyl sites for hydroxylation is 2. The van der Waals surface area contributed by atoms with Gasteiger partial charge in [-0.25, -0.2) is 8.42 Å². The molecule has 1 amide bonds. The van der Waals surface area contributed by atoms with Gasteiger partial charge in [-0.2, -0.15) is 0 Å². The first-order valence-corrected chi connectivity index (χ1v) is 11.6. The Balaban J connectivity index is 1.78. The summed E-state index contributed by atoms with van der Waals surface area (Å²) in [6.45, 7) is 4.40. The second-order valence-electron chi connectivity index (χ2n) is 8.06. The van der Waals surface area contributed by atoms with Crippen molar-refractivity contribution in [2.24, 2.45) is 0 Å². The van der Waals surface area contributed by atoms with Crippen LogP contribution in [0.25, 0.3) is 0 Å². The molecule has 148 valence electrons. The van der Waals surface area contributed by atoms with Crippen molar-refractivity contribution in [3.8, 4) is 0 Å². The molecule has 0 aromatic heterocycles. The number of rotatable bonds is 6. The van der Waals surface area contributed by atoms with Gasteiger partial charge in [-0.3, -0.25) is 4.79 Å². The van der Waals surface area contributed by atoms with Crippen LogP contribution in [-0.4, -0.2) is 25.6 Å². The fourth-order valence-electron chi connectivity index (χ4n) is 4.30. The maximum atomic E-state index is 13.5. The number of amides is 1. The Morgan fingerprint density at radius 1 is 1.07 bits per heavy atom. The predicted octanol–water partition coefficient (Wildman–Crippen LogP) is 4.40. The Morgan fingerprint density at radius 2 is 1.81 bits per heavy atom. The topological polar surface area (TPSA) is 63.2 Å². The Labute approximate surface area is 163 Å². The molecule has 0 saturated heterocycles. The second-order valence-corrected chi connectivity index (χ2v) is 10.3. The van der Waals surface area contributed by atoms with E-state index in [2.05, 4.69) is 11.4 Å². The minimum Gasteiger partial charge on any atom is -0.354 e. The average Bonchev–Trinajstić information content (AvgIpc) is 3.16. The Morgan fingerprint density at radius 3 is 2.44 bits per heavy atom. The van der Waals surface area contributed by atoms with E-state index >= 15 is 0 Å². The van der Waals surface area contributed by atoms with E-state index in [0.717, 1.165) is 43.2 Å². The highest BCUT2D eigenvalue weighted by Crippen LogP contribution is 2.41.